The fraction of sp³-hybridized carbons (Fsp3) is 0.350. The number of benzene rings is 1. The van der Waals surface area contributed by atoms with Crippen LogP contribution in [0.25, 0.3) is 0 Å². The molecule has 0 saturated carbocycles. The quantitative estimate of drug-likeness (QED) is 0.235. The molecule has 0 radical (unpaired) electrons. The molecule has 0 aliphatic carbocycles. The number of aromatic amines is 1. The Labute approximate surface area is 193 Å². The molecule has 8 N–H and O–H groups in total. The molecule has 1 amide bonds. The maximum atomic E-state index is 12.4. The molecule has 0 fully saturated rings. The summed E-state index contributed by atoms with van der Waals surface area (Å²) in [6.07, 6.45) is -0.607. The topological polar surface area (TPSA) is 212 Å². The Bertz CT molecular complexity index is 1120. The van der Waals surface area contributed by atoms with Crippen molar-refractivity contribution in [2.45, 2.75) is 24.9 Å². The van der Waals surface area contributed by atoms with Crippen molar-refractivity contribution in [2.24, 2.45) is 0 Å². The summed E-state index contributed by atoms with van der Waals surface area (Å²) < 4.78 is 0. The van der Waals surface area contributed by atoms with Gasteiger partial charge >= 0.3 is 11.9 Å². The number of hydroxylamine groups is 1. The van der Waals surface area contributed by atoms with E-state index in [1.54, 1.807) is 12.1 Å². The average Bonchev–Trinajstić information content (AvgIpc) is 2.79. The predicted molar refractivity (Wildman–Crippen MR) is 122 cm³/mol. The Kier molecular flexibility index (Phi) is 7.53. The summed E-state index contributed by atoms with van der Waals surface area (Å²) in [6, 6.07) is 4.70. The highest BCUT2D eigenvalue weighted by Crippen LogP contribution is 2.26. The highest BCUT2D eigenvalue weighted by atomic mass is 16.7. The van der Waals surface area contributed by atoms with E-state index in [2.05, 4.69) is 25.9 Å². The first-order chi connectivity index (χ1) is 16.2. The van der Waals surface area contributed by atoms with E-state index in [1.807, 2.05) is 0 Å². The molecule has 2 aromatic rings. The van der Waals surface area contributed by atoms with Crippen molar-refractivity contribution in [1.82, 2.24) is 15.3 Å². The van der Waals surface area contributed by atoms with Crippen molar-refractivity contribution >= 4 is 41.0 Å². The van der Waals surface area contributed by atoms with Crippen LogP contribution < -0.4 is 32.3 Å². The fourth-order valence-electron chi connectivity index (χ4n) is 3.43. The Balaban J connectivity index is 1.61. The van der Waals surface area contributed by atoms with Gasteiger partial charge in [-0.05, 0) is 30.7 Å². The number of rotatable bonds is 10. The second-order valence-electron chi connectivity index (χ2n) is 7.45. The van der Waals surface area contributed by atoms with E-state index in [0.717, 1.165) is 0 Å². The number of carboxylic acid groups (broad SMARTS) is 2. The van der Waals surface area contributed by atoms with Gasteiger partial charge in [0.25, 0.3) is 11.5 Å². The number of nitrogens with two attached hydrogens (primary N) is 1. The summed E-state index contributed by atoms with van der Waals surface area (Å²) in [4.78, 5) is 58.5. The van der Waals surface area contributed by atoms with E-state index in [0.29, 0.717) is 24.6 Å². The van der Waals surface area contributed by atoms with Gasteiger partial charge in [0, 0.05) is 30.8 Å². The van der Waals surface area contributed by atoms with Gasteiger partial charge in [-0.15, -0.1) is 0 Å². The van der Waals surface area contributed by atoms with Crippen LogP contribution in [0.15, 0.2) is 29.1 Å². The molecule has 2 heterocycles. The number of amides is 1. The number of nitrogens with one attached hydrogen (secondary N) is 4. The zero-order chi connectivity index (χ0) is 24.8. The van der Waals surface area contributed by atoms with E-state index < -0.39 is 29.4 Å². The number of carbonyl (C=O) groups is 3. The minimum absolute atomic E-state index is 0.00966. The number of aliphatic carboxylic acids is 2. The van der Waals surface area contributed by atoms with E-state index in [9.17, 15) is 24.3 Å². The fourth-order valence-corrected chi connectivity index (χ4v) is 3.43. The van der Waals surface area contributed by atoms with Gasteiger partial charge in [0.15, 0.2) is 11.5 Å². The van der Waals surface area contributed by atoms with Crippen molar-refractivity contribution in [1.29, 1.82) is 0 Å². The number of aromatic nitrogens is 2. The predicted octanol–water partition coefficient (Wildman–Crippen LogP) is -0.326. The van der Waals surface area contributed by atoms with Crippen LogP contribution >= 0.6 is 0 Å². The highest BCUT2D eigenvalue weighted by Gasteiger charge is 2.30. The number of hydrogen-bond acceptors (Lipinski definition) is 10. The summed E-state index contributed by atoms with van der Waals surface area (Å²) in [5, 5.41) is 27.9. The molecule has 1 aliphatic rings. The van der Waals surface area contributed by atoms with Crippen molar-refractivity contribution in [2.75, 3.05) is 41.6 Å². The molecule has 14 nitrogen and oxygen atoms in total. The number of nitrogens with zero attached hydrogens (tertiary/aromatic N) is 2. The maximum Gasteiger partial charge on any atom is 0.326 e. The average molecular weight is 475 g/mol. The lowest BCUT2D eigenvalue weighted by Gasteiger charge is -2.35. The third kappa shape index (κ3) is 5.72. The van der Waals surface area contributed by atoms with Crippen LogP contribution in [0, 0.1) is 0 Å². The third-order valence-electron chi connectivity index (χ3n) is 5.11. The summed E-state index contributed by atoms with van der Waals surface area (Å²) in [5.74, 6) is -2.78. The molecule has 3 rings (SSSR count). The Morgan fingerprint density at radius 3 is 2.62 bits per heavy atom. The lowest BCUT2D eigenvalue weighted by atomic mass is 10.1. The van der Waals surface area contributed by atoms with Crippen molar-refractivity contribution in [3.05, 3.63) is 40.2 Å². The van der Waals surface area contributed by atoms with Gasteiger partial charge in [-0.3, -0.25) is 24.2 Å². The van der Waals surface area contributed by atoms with E-state index in [1.165, 1.54) is 24.3 Å². The second-order valence-corrected chi connectivity index (χ2v) is 7.45. The first-order valence-electron chi connectivity index (χ1n) is 10.3. The minimum Gasteiger partial charge on any atom is -0.481 e. The van der Waals surface area contributed by atoms with Gasteiger partial charge in [-0.2, -0.15) is 4.98 Å². The van der Waals surface area contributed by atoms with Crippen LogP contribution in [0.5, 0.6) is 0 Å². The molecule has 34 heavy (non-hydrogen) atoms. The number of anilines is 4. The molecule has 0 spiro atoms. The number of hydrogen-bond donors (Lipinski definition) is 7. The van der Waals surface area contributed by atoms with Crippen molar-refractivity contribution in [3.8, 4) is 0 Å². The monoisotopic (exact) mass is 475 g/mol. The van der Waals surface area contributed by atoms with E-state index in [4.69, 9.17) is 15.7 Å². The molecule has 1 aromatic carbocycles. The van der Waals surface area contributed by atoms with Gasteiger partial charge in [-0.1, -0.05) is 0 Å². The number of H-pyrrole nitrogens is 1. The smallest absolute Gasteiger partial charge is 0.326 e. The molecule has 2 atom stereocenters. The molecule has 1 unspecified atom stereocenters. The van der Waals surface area contributed by atoms with E-state index >= 15 is 0 Å². The molecule has 1 aromatic heterocycles. The molecular formula is C20H25N7O7. The molecular weight excluding hydrogens is 450 g/mol. The van der Waals surface area contributed by atoms with Gasteiger partial charge < -0.3 is 31.9 Å². The minimum atomic E-state index is -1.31. The van der Waals surface area contributed by atoms with Gasteiger partial charge in [-0.25, -0.2) is 9.86 Å². The summed E-state index contributed by atoms with van der Waals surface area (Å²) in [5.41, 5.74) is 6.23. The lowest BCUT2D eigenvalue weighted by Crippen LogP contribution is -2.50. The lowest BCUT2D eigenvalue weighted by molar-refractivity contribution is -0.140. The van der Waals surface area contributed by atoms with Gasteiger partial charge in [0.05, 0.1) is 13.2 Å². The number of carbonyl (C=O) groups excluding carboxylic acids is 1. The second kappa shape index (κ2) is 10.5. The third-order valence-corrected chi connectivity index (χ3v) is 5.11. The molecule has 1 aliphatic heterocycles. The Morgan fingerprint density at radius 1 is 1.29 bits per heavy atom. The Hall–Kier alpha value is -4.33. The van der Waals surface area contributed by atoms with Crippen molar-refractivity contribution in [3.63, 3.8) is 0 Å². The largest absolute Gasteiger partial charge is 0.481 e. The maximum absolute atomic E-state index is 12.4. The molecule has 14 heteroatoms. The molecule has 0 saturated heterocycles. The number of fused-ring (bicyclic) bond motifs is 1. The standard InChI is InChI=1S/C20H25N7O7/c1-34-27-12(9-23-16-15(27)18(31)26-20(21)25-16)8-22-11-4-2-10(3-5-11)17(30)24-13(19(32)33)6-7-14(28)29/h2-5,12-13,22H,6-9H2,1H3,(H,24,30)(H,28,29)(H,32,33)(H4,21,23,25,26,31)/t12?,13-/m0/s1. The van der Waals surface area contributed by atoms with Crippen LogP contribution in [0.1, 0.15) is 23.2 Å². The Morgan fingerprint density at radius 2 is 2.00 bits per heavy atom. The molecule has 0 bridgehead atoms. The highest BCUT2D eigenvalue weighted by molar-refractivity contribution is 5.96. The van der Waals surface area contributed by atoms with Gasteiger partial charge in [0.1, 0.15) is 6.04 Å². The van der Waals surface area contributed by atoms with Crippen molar-refractivity contribution < 1.29 is 29.4 Å². The number of carboxylic acids is 2. The van der Waals surface area contributed by atoms with Crippen LogP contribution in [-0.4, -0.2) is 70.3 Å². The van der Waals surface area contributed by atoms with E-state index in [-0.39, 0.29) is 36.1 Å². The van der Waals surface area contributed by atoms with Crippen LogP contribution in [-0.2, 0) is 14.4 Å². The molecule has 182 valence electrons. The van der Waals surface area contributed by atoms with Crippen LogP contribution in [0.2, 0.25) is 0 Å². The number of nitrogen functional groups attached to an aromatic ring is 1. The van der Waals surface area contributed by atoms with Gasteiger partial charge in [0.2, 0.25) is 5.95 Å². The first kappa shape index (κ1) is 24.3. The summed E-state index contributed by atoms with van der Waals surface area (Å²) >= 11 is 0. The summed E-state index contributed by atoms with van der Waals surface area (Å²) in [7, 11) is 1.44. The van der Waals surface area contributed by atoms with Crippen LogP contribution in [0.4, 0.5) is 23.1 Å². The zero-order valence-corrected chi connectivity index (χ0v) is 18.2. The van der Waals surface area contributed by atoms with Crippen LogP contribution in [0.3, 0.4) is 0 Å². The first-order valence-corrected chi connectivity index (χ1v) is 10.3. The SMILES string of the molecule is CON1c2c(nc(N)[nH]c2=O)NCC1CNc1ccc(C(=O)N[C@@H](CCC(=O)O)C(=O)O)cc1. The normalized spacial score (nSPS) is 15.6. The summed E-state index contributed by atoms with van der Waals surface area (Å²) in [6.45, 7) is 0.781. The zero-order valence-electron chi connectivity index (χ0n) is 18.2.